The first-order chi connectivity index (χ1) is 23.5. The van der Waals surface area contributed by atoms with Crippen LogP contribution >= 0.6 is 0 Å². The van der Waals surface area contributed by atoms with Crippen molar-refractivity contribution in [2.75, 3.05) is 32.7 Å². The molecule has 5 rings (SSSR count). The van der Waals surface area contributed by atoms with Crippen molar-refractivity contribution in [2.45, 2.75) is 69.5 Å². The summed E-state index contributed by atoms with van der Waals surface area (Å²) in [5.74, 6) is -6.81. The summed E-state index contributed by atoms with van der Waals surface area (Å²) in [5, 5.41) is 29.8. The Morgan fingerprint density at radius 1 is 0.735 bits per heavy atom. The second kappa shape index (κ2) is 15.6. The van der Waals surface area contributed by atoms with Crippen molar-refractivity contribution in [2.24, 2.45) is 0 Å². The Bertz CT molecular complexity index is 1580. The lowest BCUT2D eigenvalue weighted by molar-refractivity contribution is -0.326. The lowest BCUT2D eigenvalue weighted by Crippen LogP contribution is -2.68. The van der Waals surface area contributed by atoms with Crippen LogP contribution in [0.15, 0.2) is 66.8 Å². The predicted octanol–water partition coefficient (Wildman–Crippen LogP) is 3.25. The molecular weight excluding hydrogens is 636 g/mol. The van der Waals surface area contributed by atoms with Crippen LogP contribution in [0.25, 0.3) is 0 Å². The van der Waals surface area contributed by atoms with Gasteiger partial charge in [-0.25, -0.2) is 19.2 Å². The number of nitrogens with zero attached hydrogens (tertiary/aromatic N) is 2. The number of phenols is 3. The van der Waals surface area contributed by atoms with Gasteiger partial charge in [-0.1, -0.05) is 38.0 Å². The molecule has 0 saturated carbocycles. The Balaban J connectivity index is 1.34. The van der Waals surface area contributed by atoms with E-state index in [0.717, 1.165) is 81.6 Å². The van der Waals surface area contributed by atoms with E-state index < -0.39 is 47.2 Å². The maximum Gasteiger partial charge on any atom is 0.350 e. The third-order valence-corrected chi connectivity index (χ3v) is 8.94. The number of carbonyl (C=O) groups is 4. The fraction of sp³-hybridized carbons (Fsp3) is 0.444. The molecule has 2 aromatic rings. The average molecular weight is 679 g/mol. The molecule has 1 fully saturated rings. The smallest absolute Gasteiger partial charge is 0.350 e. The number of aromatic hydroxyl groups is 3. The number of carbonyl (C=O) groups excluding carboxylic acids is 4. The highest BCUT2D eigenvalue weighted by atomic mass is 16.8. The highest BCUT2D eigenvalue weighted by Crippen LogP contribution is 2.49. The van der Waals surface area contributed by atoms with Crippen molar-refractivity contribution in [1.82, 2.24) is 9.80 Å². The normalized spacial score (nSPS) is 25.1. The maximum absolute atomic E-state index is 13.1. The SMILES string of the molecule is CCCN(CCCCCCN1CC2OC(=O)/C=C\C(=O)OC23OC(=O)/C=C\C(=O)O[C@@]13Cc1ccc(O)c(O)c1)CCc1ccc(O)cc1. The molecule has 0 aliphatic carbocycles. The summed E-state index contributed by atoms with van der Waals surface area (Å²) >= 11 is 0. The highest BCUT2D eigenvalue weighted by Gasteiger charge is 2.75. The Kier molecular flexibility index (Phi) is 11.2. The third kappa shape index (κ3) is 8.23. The minimum Gasteiger partial charge on any atom is -0.508 e. The van der Waals surface area contributed by atoms with Crippen LogP contribution in [0, 0.1) is 0 Å². The summed E-state index contributed by atoms with van der Waals surface area (Å²) in [6, 6.07) is 11.2. The van der Waals surface area contributed by atoms with Gasteiger partial charge >= 0.3 is 29.7 Å². The summed E-state index contributed by atoms with van der Waals surface area (Å²) in [7, 11) is 0. The van der Waals surface area contributed by atoms with Crippen LogP contribution in [0.2, 0.25) is 0 Å². The van der Waals surface area contributed by atoms with Crippen LogP contribution in [-0.2, 0) is 51.0 Å². The summed E-state index contributed by atoms with van der Waals surface area (Å²) in [6.07, 6.45) is 6.96. The van der Waals surface area contributed by atoms with E-state index in [0.29, 0.717) is 12.0 Å². The van der Waals surface area contributed by atoms with Crippen LogP contribution in [0.4, 0.5) is 0 Å². The number of phenolic OH excluding ortho intramolecular Hbond substituents is 3. The van der Waals surface area contributed by atoms with Gasteiger partial charge in [-0.2, -0.15) is 0 Å². The number of rotatable bonds is 14. The third-order valence-electron chi connectivity index (χ3n) is 8.94. The molecule has 1 spiro atoms. The minimum atomic E-state index is -2.41. The molecule has 13 heteroatoms. The number of hydrogen-bond donors (Lipinski definition) is 3. The molecule has 0 amide bonds. The van der Waals surface area contributed by atoms with Crippen molar-refractivity contribution < 1.29 is 53.4 Å². The zero-order chi connectivity index (χ0) is 35.0. The van der Waals surface area contributed by atoms with E-state index in [-0.39, 0.29) is 31.0 Å². The van der Waals surface area contributed by atoms with Gasteiger partial charge in [0.15, 0.2) is 17.6 Å². The molecule has 3 N–H and O–H groups in total. The number of hydrogen-bond acceptors (Lipinski definition) is 13. The summed E-state index contributed by atoms with van der Waals surface area (Å²) in [4.78, 5) is 55.8. The van der Waals surface area contributed by atoms with Crippen LogP contribution in [-0.4, -0.2) is 99.3 Å². The van der Waals surface area contributed by atoms with Gasteiger partial charge in [0.2, 0.25) is 0 Å². The minimum absolute atomic E-state index is 0.112. The standard InChI is InChI=1S/C36H42N2O11/c1-2-18-37(21-17-25-7-10-27(39)11-8-25)19-5-3-4-6-20-38-24-30-36(48-33(44)14-13-31(42)46-30)35(38,47-32(43)15-16-34(45)49-36)23-26-9-12-28(40)29(41)22-26/h7-16,22,30,39-41H,2-6,17-21,23-24H2,1H3/b14-13-,16-15-/t30?,35-,36?/m1/s1. The predicted molar refractivity (Wildman–Crippen MR) is 174 cm³/mol. The molecule has 3 aliphatic rings. The monoisotopic (exact) mass is 678 g/mol. The van der Waals surface area contributed by atoms with Gasteiger partial charge in [0.1, 0.15) is 5.75 Å². The fourth-order valence-corrected chi connectivity index (χ4v) is 6.61. The Hall–Kier alpha value is -4.88. The quantitative estimate of drug-likeness (QED) is 0.115. The first-order valence-electron chi connectivity index (χ1n) is 16.6. The van der Waals surface area contributed by atoms with Crippen LogP contribution in [0.5, 0.6) is 17.2 Å². The second-order valence-corrected chi connectivity index (χ2v) is 12.4. The molecular formula is C36H42N2O11. The van der Waals surface area contributed by atoms with Gasteiger partial charge in [-0.15, -0.1) is 0 Å². The van der Waals surface area contributed by atoms with Crippen molar-refractivity contribution in [1.29, 1.82) is 0 Å². The number of benzene rings is 2. The van der Waals surface area contributed by atoms with Crippen molar-refractivity contribution in [3.8, 4) is 17.2 Å². The molecule has 49 heavy (non-hydrogen) atoms. The molecule has 1 saturated heterocycles. The highest BCUT2D eigenvalue weighted by molar-refractivity contribution is 5.95. The van der Waals surface area contributed by atoms with E-state index in [2.05, 4.69) is 11.8 Å². The van der Waals surface area contributed by atoms with Gasteiger partial charge < -0.3 is 39.2 Å². The maximum atomic E-state index is 13.1. The zero-order valence-corrected chi connectivity index (χ0v) is 27.4. The van der Waals surface area contributed by atoms with Crippen LogP contribution < -0.4 is 0 Å². The summed E-state index contributed by atoms with van der Waals surface area (Å²) in [6.45, 7) is 5.09. The molecule has 13 nitrogen and oxygen atoms in total. The van der Waals surface area contributed by atoms with E-state index in [9.17, 15) is 34.5 Å². The molecule has 3 atom stereocenters. The zero-order valence-electron chi connectivity index (χ0n) is 27.4. The number of ether oxygens (including phenoxy) is 4. The van der Waals surface area contributed by atoms with Gasteiger partial charge in [0.05, 0.1) is 0 Å². The second-order valence-electron chi connectivity index (χ2n) is 12.4. The van der Waals surface area contributed by atoms with Crippen molar-refractivity contribution in [3.05, 3.63) is 77.9 Å². The average Bonchev–Trinajstić information content (AvgIpc) is 3.26. The van der Waals surface area contributed by atoms with Gasteiger partial charge in [-0.05, 0) is 74.2 Å². The Morgan fingerprint density at radius 2 is 1.37 bits per heavy atom. The number of esters is 4. The molecule has 2 aromatic carbocycles. The Labute approximate surface area is 284 Å². The van der Waals surface area contributed by atoms with Gasteiger partial charge in [-0.3, -0.25) is 4.90 Å². The topological polar surface area (TPSA) is 172 Å². The van der Waals surface area contributed by atoms with Crippen LogP contribution in [0.1, 0.15) is 50.2 Å². The molecule has 262 valence electrons. The van der Waals surface area contributed by atoms with Gasteiger partial charge in [0.25, 0.3) is 5.72 Å². The first kappa shape index (κ1) is 35.4. The molecule has 3 aliphatic heterocycles. The van der Waals surface area contributed by atoms with E-state index >= 15 is 0 Å². The number of likely N-dealkylation sites (tertiary alicyclic amines) is 1. The molecule has 0 radical (unpaired) electrons. The van der Waals surface area contributed by atoms with E-state index in [1.807, 2.05) is 12.1 Å². The molecule has 3 heterocycles. The van der Waals surface area contributed by atoms with Crippen molar-refractivity contribution >= 4 is 23.9 Å². The summed E-state index contributed by atoms with van der Waals surface area (Å²) in [5.41, 5.74) is -0.516. The largest absolute Gasteiger partial charge is 0.508 e. The first-order valence-corrected chi connectivity index (χ1v) is 16.6. The van der Waals surface area contributed by atoms with E-state index in [4.69, 9.17) is 18.9 Å². The van der Waals surface area contributed by atoms with Crippen LogP contribution in [0.3, 0.4) is 0 Å². The van der Waals surface area contributed by atoms with Gasteiger partial charge in [0, 0.05) is 50.4 Å². The number of unbranched alkanes of at least 4 members (excludes halogenated alkanes) is 3. The lowest BCUT2D eigenvalue weighted by atomic mass is 9.91. The van der Waals surface area contributed by atoms with Crippen molar-refractivity contribution in [3.63, 3.8) is 0 Å². The Morgan fingerprint density at radius 3 is 2.04 bits per heavy atom. The lowest BCUT2D eigenvalue weighted by Gasteiger charge is -2.47. The van der Waals surface area contributed by atoms with E-state index in [1.54, 1.807) is 17.0 Å². The molecule has 0 bridgehead atoms. The summed E-state index contributed by atoms with van der Waals surface area (Å²) < 4.78 is 23.3. The molecule has 2 unspecified atom stereocenters. The fourth-order valence-electron chi connectivity index (χ4n) is 6.61. The molecule has 0 aromatic heterocycles. The van der Waals surface area contributed by atoms with E-state index in [1.165, 1.54) is 18.2 Å².